The van der Waals surface area contributed by atoms with Gasteiger partial charge in [0.25, 0.3) is 0 Å². The number of hydrogen-bond acceptors (Lipinski definition) is 3. The van der Waals surface area contributed by atoms with Gasteiger partial charge in [-0.2, -0.15) is 0 Å². The lowest BCUT2D eigenvalue weighted by molar-refractivity contribution is -0.116. The number of rotatable bonds is 8. The van der Waals surface area contributed by atoms with Crippen LogP contribution in [0.3, 0.4) is 0 Å². The first-order valence-corrected chi connectivity index (χ1v) is 8.26. The molecule has 24 heavy (non-hydrogen) atoms. The molecular formula is C20H25NO3. The smallest absolute Gasteiger partial charge is 0.224 e. The summed E-state index contributed by atoms with van der Waals surface area (Å²) in [7, 11) is 3.22. The Bertz CT molecular complexity index is 665. The molecule has 0 radical (unpaired) electrons. The topological polar surface area (TPSA) is 47.6 Å². The minimum absolute atomic E-state index is 0.0110. The Labute approximate surface area is 143 Å². The van der Waals surface area contributed by atoms with Crippen LogP contribution < -0.4 is 14.8 Å². The molecule has 0 aliphatic heterocycles. The standard InChI is InChI=1S/C20H25NO3/c1-4-6-15-9-12-17(13-10-15)21-19(22)14-11-16-7-5-8-18(23-2)20(16)24-3/h5,7-10,12-13H,4,6,11,14H2,1-3H3,(H,21,22). The van der Waals surface area contributed by atoms with Crippen LogP contribution in [0, 0.1) is 0 Å². The molecule has 2 rings (SSSR count). The van der Waals surface area contributed by atoms with Gasteiger partial charge in [0.05, 0.1) is 14.2 Å². The fourth-order valence-electron chi connectivity index (χ4n) is 2.67. The number of carbonyl (C=O) groups is 1. The molecule has 4 heteroatoms. The molecule has 1 N–H and O–H groups in total. The number of anilines is 1. The predicted molar refractivity (Wildman–Crippen MR) is 96.9 cm³/mol. The number of amides is 1. The fourth-order valence-corrected chi connectivity index (χ4v) is 2.67. The summed E-state index contributed by atoms with van der Waals surface area (Å²) in [4.78, 5) is 12.2. The molecule has 0 unspecified atom stereocenters. The molecule has 2 aromatic carbocycles. The second-order valence-electron chi connectivity index (χ2n) is 5.65. The van der Waals surface area contributed by atoms with Gasteiger partial charge in [-0.1, -0.05) is 37.6 Å². The molecule has 0 aliphatic rings. The van der Waals surface area contributed by atoms with Gasteiger partial charge in [-0.3, -0.25) is 4.79 Å². The molecule has 0 saturated heterocycles. The zero-order chi connectivity index (χ0) is 17.4. The minimum atomic E-state index is -0.0110. The van der Waals surface area contributed by atoms with E-state index in [1.165, 1.54) is 5.56 Å². The molecule has 0 bridgehead atoms. The van der Waals surface area contributed by atoms with E-state index in [0.717, 1.165) is 24.1 Å². The quantitative estimate of drug-likeness (QED) is 0.789. The van der Waals surface area contributed by atoms with Gasteiger partial charge in [0.1, 0.15) is 0 Å². The normalized spacial score (nSPS) is 10.3. The van der Waals surface area contributed by atoms with Gasteiger partial charge >= 0.3 is 0 Å². The maximum Gasteiger partial charge on any atom is 0.224 e. The van der Waals surface area contributed by atoms with Crippen LogP contribution in [-0.2, 0) is 17.6 Å². The fraction of sp³-hybridized carbons (Fsp3) is 0.350. The van der Waals surface area contributed by atoms with E-state index in [2.05, 4.69) is 24.4 Å². The number of carbonyl (C=O) groups excluding carboxylic acids is 1. The van der Waals surface area contributed by atoms with E-state index in [1.54, 1.807) is 14.2 Å². The van der Waals surface area contributed by atoms with Crippen molar-refractivity contribution in [3.8, 4) is 11.5 Å². The van der Waals surface area contributed by atoms with Crippen molar-refractivity contribution < 1.29 is 14.3 Å². The second kappa shape index (κ2) is 8.96. The minimum Gasteiger partial charge on any atom is -0.493 e. The molecule has 0 atom stereocenters. The highest BCUT2D eigenvalue weighted by atomic mass is 16.5. The Morgan fingerprint density at radius 3 is 2.38 bits per heavy atom. The van der Waals surface area contributed by atoms with Crippen molar-refractivity contribution in [2.24, 2.45) is 0 Å². The average molecular weight is 327 g/mol. The number of methoxy groups -OCH3 is 2. The van der Waals surface area contributed by atoms with Crippen molar-refractivity contribution >= 4 is 11.6 Å². The molecule has 1 amide bonds. The summed E-state index contributed by atoms with van der Waals surface area (Å²) in [5.74, 6) is 1.36. The molecular weight excluding hydrogens is 302 g/mol. The molecule has 0 heterocycles. The maximum atomic E-state index is 12.2. The molecule has 0 saturated carbocycles. The van der Waals surface area contributed by atoms with Crippen LogP contribution in [0.25, 0.3) is 0 Å². The predicted octanol–water partition coefficient (Wildman–Crippen LogP) is 4.23. The summed E-state index contributed by atoms with van der Waals surface area (Å²) in [6.07, 6.45) is 3.16. The summed E-state index contributed by atoms with van der Waals surface area (Å²) < 4.78 is 10.7. The molecule has 0 fully saturated rings. The van der Waals surface area contributed by atoms with E-state index in [0.29, 0.717) is 24.3 Å². The Morgan fingerprint density at radius 1 is 1.00 bits per heavy atom. The van der Waals surface area contributed by atoms with E-state index >= 15 is 0 Å². The molecule has 0 aliphatic carbocycles. The summed E-state index contributed by atoms with van der Waals surface area (Å²) in [6, 6.07) is 13.7. The van der Waals surface area contributed by atoms with E-state index in [-0.39, 0.29) is 5.91 Å². The SMILES string of the molecule is CCCc1ccc(NC(=O)CCc2cccc(OC)c2OC)cc1. The van der Waals surface area contributed by atoms with Crippen molar-refractivity contribution in [3.05, 3.63) is 53.6 Å². The van der Waals surface area contributed by atoms with Crippen molar-refractivity contribution in [1.82, 2.24) is 0 Å². The van der Waals surface area contributed by atoms with Crippen LogP contribution in [-0.4, -0.2) is 20.1 Å². The van der Waals surface area contributed by atoms with Crippen LogP contribution in [0.4, 0.5) is 5.69 Å². The zero-order valence-corrected chi connectivity index (χ0v) is 14.6. The molecule has 4 nitrogen and oxygen atoms in total. The zero-order valence-electron chi connectivity index (χ0n) is 14.6. The van der Waals surface area contributed by atoms with Crippen LogP contribution in [0.15, 0.2) is 42.5 Å². The molecule has 128 valence electrons. The highest BCUT2D eigenvalue weighted by Crippen LogP contribution is 2.31. The summed E-state index contributed by atoms with van der Waals surface area (Å²) in [5.41, 5.74) is 3.08. The summed E-state index contributed by atoms with van der Waals surface area (Å²) in [5, 5.41) is 2.94. The molecule has 2 aromatic rings. The van der Waals surface area contributed by atoms with Crippen LogP contribution >= 0.6 is 0 Å². The lowest BCUT2D eigenvalue weighted by Gasteiger charge is -2.12. The van der Waals surface area contributed by atoms with E-state index in [9.17, 15) is 4.79 Å². The molecule has 0 aromatic heterocycles. The van der Waals surface area contributed by atoms with Crippen LogP contribution in [0.1, 0.15) is 30.9 Å². The van der Waals surface area contributed by atoms with Crippen molar-refractivity contribution in [2.45, 2.75) is 32.6 Å². The third-order valence-corrected chi connectivity index (χ3v) is 3.88. The lowest BCUT2D eigenvalue weighted by atomic mass is 10.1. The summed E-state index contributed by atoms with van der Waals surface area (Å²) in [6.45, 7) is 2.16. The number of para-hydroxylation sites is 1. The van der Waals surface area contributed by atoms with E-state index in [4.69, 9.17) is 9.47 Å². The number of benzene rings is 2. The lowest BCUT2D eigenvalue weighted by Crippen LogP contribution is -2.12. The second-order valence-corrected chi connectivity index (χ2v) is 5.65. The third kappa shape index (κ3) is 4.75. The number of aryl methyl sites for hydroxylation is 2. The first-order valence-electron chi connectivity index (χ1n) is 8.26. The Hall–Kier alpha value is -2.49. The van der Waals surface area contributed by atoms with E-state index < -0.39 is 0 Å². The van der Waals surface area contributed by atoms with Crippen molar-refractivity contribution in [1.29, 1.82) is 0 Å². The highest BCUT2D eigenvalue weighted by molar-refractivity contribution is 5.90. The van der Waals surface area contributed by atoms with E-state index in [1.807, 2.05) is 30.3 Å². The third-order valence-electron chi connectivity index (χ3n) is 3.88. The maximum absolute atomic E-state index is 12.2. The Kier molecular flexibility index (Phi) is 6.67. The molecule has 0 spiro atoms. The van der Waals surface area contributed by atoms with Gasteiger partial charge in [0, 0.05) is 12.1 Å². The van der Waals surface area contributed by atoms with Gasteiger partial charge in [-0.15, -0.1) is 0 Å². The number of hydrogen-bond donors (Lipinski definition) is 1. The first kappa shape index (κ1) is 17.9. The monoisotopic (exact) mass is 327 g/mol. The number of nitrogens with one attached hydrogen (secondary N) is 1. The summed E-state index contributed by atoms with van der Waals surface area (Å²) >= 11 is 0. The number of ether oxygens (including phenoxy) is 2. The van der Waals surface area contributed by atoms with Gasteiger partial charge in [-0.05, 0) is 42.2 Å². The average Bonchev–Trinajstić information content (AvgIpc) is 2.61. The van der Waals surface area contributed by atoms with Crippen LogP contribution in [0.5, 0.6) is 11.5 Å². The first-order chi connectivity index (χ1) is 11.7. The highest BCUT2D eigenvalue weighted by Gasteiger charge is 2.11. The Balaban J connectivity index is 1.93. The Morgan fingerprint density at radius 2 is 1.75 bits per heavy atom. The van der Waals surface area contributed by atoms with Crippen molar-refractivity contribution in [3.63, 3.8) is 0 Å². The van der Waals surface area contributed by atoms with Gasteiger partial charge in [-0.25, -0.2) is 0 Å². The van der Waals surface area contributed by atoms with Crippen molar-refractivity contribution in [2.75, 3.05) is 19.5 Å². The largest absolute Gasteiger partial charge is 0.493 e. The van der Waals surface area contributed by atoms with Crippen LogP contribution in [0.2, 0.25) is 0 Å². The van der Waals surface area contributed by atoms with Gasteiger partial charge in [0.15, 0.2) is 11.5 Å². The van der Waals surface area contributed by atoms with Gasteiger partial charge < -0.3 is 14.8 Å². The van der Waals surface area contributed by atoms with Gasteiger partial charge in [0.2, 0.25) is 5.91 Å².